The smallest absolute Gasteiger partial charge is 0.631 e. The Kier molecular flexibility index (Phi) is 5.36. The molecule has 0 N–H and O–H groups in total. The van der Waals surface area contributed by atoms with Crippen LogP contribution in [0.3, 0.4) is 0 Å². The molecule has 2 unspecified atom stereocenters. The fraction of sp³-hybridized carbons (Fsp3) is 0.400. The van der Waals surface area contributed by atoms with Crippen LogP contribution in [0.15, 0.2) is 48.5 Å². The second-order valence-electron chi connectivity index (χ2n) is 6.83. The summed E-state index contributed by atoms with van der Waals surface area (Å²) in [6, 6.07) is 17.1. The van der Waals surface area contributed by atoms with Gasteiger partial charge in [0.25, 0.3) is 0 Å². The summed E-state index contributed by atoms with van der Waals surface area (Å²) in [7, 11) is 6.55. The van der Waals surface area contributed by atoms with Crippen LogP contribution in [-0.2, 0) is 0 Å². The summed E-state index contributed by atoms with van der Waals surface area (Å²) in [5, 5.41) is 0.919. The highest BCUT2D eigenvalue weighted by atomic mass is 35.6. The molecule has 0 aliphatic carbocycles. The van der Waals surface area contributed by atoms with Gasteiger partial charge in [0.2, 0.25) is 0 Å². The first-order chi connectivity index (χ1) is 12.3. The van der Waals surface area contributed by atoms with Crippen molar-refractivity contribution in [3.63, 3.8) is 0 Å². The van der Waals surface area contributed by atoms with E-state index in [2.05, 4.69) is 65.3 Å². The van der Waals surface area contributed by atoms with E-state index < -0.39 is 13.6 Å². The molecule has 0 radical (unpaired) electrons. The van der Waals surface area contributed by atoms with Crippen molar-refractivity contribution in [3.8, 4) is 16.9 Å². The van der Waals surface area contributed by atoms with Crippen LogP contribution in [0, 0.1) is 0 Å². The molecule has 5 heteroatoms. The topological polar surface area (TPSA) is 15.7 Å². The Morgan fingerprint density at radius 2 is 1.72 bits per heavy atom. The zero-order chi connectivity index (χ0) is 17.2. The highest BCUT2D eigenvalue weighted by Crippen LogP contribution is 2.43. The minimum atomic E-state index is -1.73. The van der Waals surface area contributed by atoms with Crippen LogP contribution in [0.25, 0.3) is 11.1 Å². The molecular weight excluding hydrogens is 347 g/mol. The average Bonchev–Trinajstić information content (AvgIpc) is 2.90. The van der Waals surface area contributed by atoms with Gasteiger partial charge in [-0.25, -0.2) is 10.0 Å². The molecule has 0 amide bonds. The monoisotopic (exact) mass is 370 g/mol. The molecule has 0 saturated carbocycles. The third kappa shape index (κ3) is 3.47. The summed E-state index contributed by atoms with van der Waals surface area (Å²) >= 11 is -1.73. The molecule has 0 spiro atoms. The van der Waals surface area contributed by atoms with Gasteiger partial charge in [-0.2, -0.15) is 0 Å². The van der Waals surface area contributed by atoms with Crippen LogP contribution >= 0.6 is 10.0 Å². The molecule has 2 heterocycles. The van der Waals surface area contributed by atoms with Crippen LogP contribution in [0.2, 0.25) is 5.28 Å². The molecule has 2 aromatic rings. The largest absolute Gasteiger partial charge is 0.679 e. The molecule has 2 fully saturated rings. The second-order valence-corrected chi connectivity index (χ2v) is 10.2. The summed E-state index contributed by atoms with van der Waals surface area (Å²) in [4.78, 5) is 5.16. The first-order valence-electron chi connectivity index (χ1n) is 9.25. The van der Waals surface area contributed by atoms with Crippen LogP contribution in [0.5, 0.6) is 5.75 Å². The predicted octanol–water partition coefficient (Wildman–Crippen LogP) is 4.50. The molecule has 2 aromatic carbocycles. The van der Waals surface area contributed by atoms with Gasteiger partial charge in [0, 0.05) is 37.3 Å². The molecule has 2 bridgehead atoms. The molecule has 3 nitrogen and oxygen atoms in total. The number of rotatable bonds is 5. The van der Waals surface area contributed by atoms with Gasteiger partial charge in [0.15, 0.2) is 0 Å². The van der Waals surface area contributed by atoms with E-state index in [0.717, 1.165) is 29.7 Å². The van der Waals surface area contributed by atoms with E-state index in [9.17, 15) is 0 Å². The maximum Gasteiger partial charge on any atom is 0.679 e. The summed E-state index contributed by atoms with van der Waals surface area (Å²) in [6.07, 6.45) is 1.59. The van der Waals surface area contributed by atoms with E-state index in [1.54, 1.807) is 0 Å². The second kappa shape index (κ2) is 7.70. The maximum atomic E-state index is 6.55. The Hall–Kier alpha value is -1.02. The van der Waals surface area contributed by atoms with E-state index in [4.69, 9.17) is 13.8 Å². The van der Waals surface area contributed by atoms with Crippen molar-refractivity contribution in [1.82, 2.24) is 9.80 Å². The van der Waals surface area contributed by atoms with E-state index in [1.807, 2.05) is 0 Å². The van der Waals surface area contributed by atoms with E-state index in [0.29, 0.717) is 6.17 Å². The standard InChI is InChI=1S/C18H20N2O.C2H5.Al.ClH/c21-17-15(14-6-2-1-3-7-14)8-4-9-16(17)18-19-10-5-11-20(18)13-12-19;1-2;;/h1-4,6-9,18,21H,5,10-13H2;1H2,2H3;;1H/q;;+2;/p-2. The minimum Gasteiger partial charge on any atom is -0.631 e. The van der Waals surface area contributed by atoms with E-state index in [-0.39, 0.29) is 0 Å². The number of halogens is 1. The molecule has 2 aliphatic heterocycles. The lowest BCUT2D eigenvalue weighted by molar-refractivity contribution is 0.0915. The predicted molar refractivity (Wildman–Crippen MR) is 105 cm³/mol. The maximum absolute atomic E-state index is 6.55. The van der Waals surface area contributed by atoms with Crippen molar-refractivity contribution in [2.45, 2.75) is 24.8 Å². The van der Waals surface area contributed by atoms with Crippen molar-refractivity contribution < 1.29 is 3.79 Å². The van der Waals surface area contributed by atoms with Gasteiger partial charge in [-0.15, -0.1) is 0 Å². The molecule has 130 valence electrons. The van der Waals surface area contributed by atoms with Crippen molar-refractivity contribution in [2.24, 2.45) is 0 Å². The fourth-order valence-corrected chi connectivity index (χ4v) is 4.97. The van der Waals surface area contributed by atoms with E-state index >= 15 is 0 Å². The van der Waals surface area contributed by atoms with Gasteiger partial charge in [0.1, 0.15) is 0 Å². The third-order valence-electron chi connectivity index (χ3n) is 5.23. The number of para-hydroxylation sites is 1. The van der Waals surface area contributed by atoms with Gasteiger partial charge >= 0.3 is 13.6 Å². The Morgan fingerprint density at radius 1 is 1.00 bits per heavy atom. The average molecular weight is 371 g/mol. The quantitative estimate of drug-likeness (QED) is 0.721. The van der Waals surface area contributed by atoms with Crippen molar-refractivity contribution >= 4 is 23.6 Å². The normalized spacial score (nSPS) is 25.0. The van der Waals surface area contributed by atoms with Crippen molar-refractivity contribution in [1.29, 1.82) is 0 Å². The highest BCUT2D eigenvalue weighted by Gasteiger charge is 2.38. The summed E-state index contributed by atoms with van der Waals surface area (Å²) in [5.74, 6) is 1.01. The number of benzene rings is 2. The Labute approximate surface area is 159 Å². The molecule has 4 rings (SSSR count). The summed E-state index contributed by atoms with van der Waals surface area (Å²) in [6.45, 7) is 6.76. The van der Waals surface area contributed by atoms with Crippen LogP contribution < -0.4 is 3.79 Å². The number of hydrogen-bond donors (Lipinski definition) is 0. The lowest BCUT2D eigenvalue weighted by Crippen LogP contribution is -2.38. The van der Waals surface area contributed by atoms with Crippen LogP contribution in [-0.4, -0.2) is 49.5 Å². The lowest BCUT2D eigenvalue weighted by atomic mass is 9.99. The minimum absolute atomic E-state index is 0.335. The molecule has 25 heavy (non-hydrogen) atoms. The number of nitrogens with zero attached hydrogens (tertiary/aromatic N) is 2. The first kappa shape index (κ1) is 17.4. The Morgan fingerprint density at radius 3 is 2.40 bits per heavy atom. The van der Waals surface area contributed by atoms with Gasteiger partial charge in [-0.05, 0) is 17.3 Å². The molecule has 2 saturated heterocycles. The van der Waals surface area contributed by atoms with Crippen molar-refractivity contribution in [3.05, 3.63) is 54.1 Å². The Balaban J connectivity index is 1.81. The van der Waals surface area contributed by atoms with Gasteiger partial charge < -0.3 is 3.79 Å². The first-order valence-corrected chi connectivity index (χ1v) is 12.3. The van der Waals surface area contributed by atoms with Crippen LogP contribution in [0.1, 0.15) is 25.1 Å². The molecule has 0 aromatic heterocycles. The van der Waals surface area contributed by atoms with Gasteiger partial charge in [0.05, 0.1) is 11.9 Å². The number of fused-ring (bicyclic) bond motifs is 2. The van der Waals surface area contributed by atoms with Gasteiger partial charge in [-0.3, -0.25) is 9.80 Å². The lowest BCUT2D eigenvalue weighted by Gasteiger charge is -2.37. The molecule has 2 atom stereocenters. The fourth-order valence-electron chi connectivity index (χ4n) is 4.02. The SMILES string of the molecule is C[CH2][Al]([Cl])[O]c1c(-c2ccccc2)cccc1C1N2CCCN1CC2. The van der Waals surface area contributed by atoms with Crippen LogP contribution in [0.4, 0.5) is 0 Å². The number of hydrogen-bond acceptors (Lipinski definition) is 3. The zero-order valence-corrected chi connectivity index (χ0v) is 16.6. The zero-order valence-electron chi connectivity index (χ0n) is 14.7. The summed E-state index contributed by atoms with van der Waals surface area (Å²) in [5.41, 5.74) is 3.64. The molecule has 2 aliphatic rings. The molecular formula is C20H24AlClN2O. The highest BCUT2D eigenvalue weighted by molar-refractivity contribution is 7.03. The summed E-state index contributed by atoms with van der Waals surface area (Å²) < 4.78 is 6.41. The van der Waals surface area contributed by atoms with E-state index in [1.165, 1.54) is 30.6 Å². The van der Waals surface area contributed by atoms with Crippen molar-refractivity contribution in [2.75, 3.05) is 26.2 Å². The third-order valence-corrected chi connectivity index (χ3v) is 7.56. The van der Waals surface area contributed by atoms with Gasteiger partial charge in [-0.1, -0.05) is 55.5 Å². The Bertz CT molecular complexity index is 711.